The number of nitro benzene ring substituents is 1. The van der Waals surface area contributed by atoms with Crippen LogP contribution in [0.2, 0.25) is 5.02 Å². The van der Waals surface area contributed by atoms with E-state index in [9.17, 15) is 14.9 Å². The van der Waals surface area contributed by atoms with Gasteiger partial charge in [0.15, 0.2) is 5.16 Å². The maximum Gasteiger partial charge on any atom is 0.289 e. The van der Waals surface area contributed by atoms with Crippen molar-refractivity contribution in [3.05, 3.63) is 81.9 Å². The molecule has 1 N–H and O–H groups in total. The molecule has 2 heterocycles. The van der Waals surface area contributed by atoms with E-state index < -0.39 is 4.92 Å². The standard InChI is InChI=1S/C22H14ClN5O3S/c23-15-10-9-13(11-19(15)28(30)31)24-20(29)12-32-22-26-16-6-2-1-5-14(16)21-25-17-7-3-4-8-18(17)27(21)22/h1-11H,12H2,(H,24,29). The maximum atomic E-state index is 12.6. The van der Waals surface area contributed by atoms with Crippen molar-refractivity contribution in [2.45, 2.75) is 5.16 Å². The summed E-state index contributed by atoms with van der Waals surface area (Å²) in [6, 6.07) is 19.6. The third kappa shape index (κ3) is 3.61. The molecule has 0 radical (unpaired) electrons. The molecule has 32 heavy (non-hydrogen) atoms. The van der Waals surface area contributed by atoms with Crippen LogP contribution in [0.3, 0.4) is 0 Å². The average Bonchev–Trinajstić information content (AvgIpc) is 3.19. The average molecular weight is 464 g/mol. The van der Waals surface area contributed by atoms with Crippen LogP contribution in [0.25, 0.3) is 27.6 Å². The predicted octanol–water partition coefficient (Wildman–Crippen LogP) is 5.33. The van der Waals surface area contributed by atoms with E-state index in [-0.39, 0.29) is 22.4 Å². The third-order valence-corrected chi connectivity index (χ3v) is 6.13. The van der Waals surface area contributed by atoms with Gasteiger partial charge in [-0.15, -0.1) is 0 Å². The summed E-state index contributed by atoms with van der Waals surface area (Å²) in [6.45, 7) is 0. The Morgan fingerprint density at radius 2 is 1.81 bits per heavy atom. The summed E-state index contributed by atoms with van der Waals surface area (Å²) in [5, 5.41) is 15.3. The van der Waals surface area contributed by atoms with Crippen molar-refractivity contribution < 1.29 is 9.72 Å². The Kier molecular flexibility index (Phi) is 5.12. The van der Waals surface area contributed by atoms with Crippen molar-refractivity contribution in [1.82, 2.24) is 14.4 Å². The van der Waals surface area contributed by atoms with Crippen molar-refractivity contribution in [2.75, 3.05) is 11.1 Å². The van der Waals surface area contributed by atoms with Crippen LogP contribution in [0.5, 0.6) is 0 Å². The van der Waals surface area contributed by atoms with E-state index in [0.717, 1.165) is 27.6 Å². The lowest BCUT2D eigenvalue weighted by Crippen LogP contribution is -2.14. The number of carbonyl (C=O) groups excluding carboxylic acids is 1. The Morgan fingerprint density at radius 1 is 1.06 bits per heavy atom. The number of nitrogens with one attached hydrogen (secondary N) is 1. The fourth-order valence-corrected chi connectivity index (χ4v) is 4.46. The summed E-state index contributed by atoms with van der Waals surface area (Å²) in [7, 11) is 0. The highest BCUT2D eigenvalue weighted by atomic mass is 35.5. The van der Waals surface area contributed by atoms with Gasteiger partial charge in [-0.05, 0) is 36.4 Å². The second kappa shape index (κ2) is 8.10. The number of benzene rings is 3. The normalized spacial score (nSPS) is 11.3. The van der Waals surface area contributed by atoms with Gasteiger partial charge in [-0.1, -0.05) is 47.6 Å². The molecule has 0 fully saturated rings. The van der Waals surface area contributed by atoms with Gasteiger partial charge in [0, 0.05) is 17.1 Å². The lowest BCUT2D eigenvalue weighted by molar-refractivity contribution is -0.384. The van der Waals surface area contributed by atoms with Crippen LogP contribution < -0.4 is 5.32 Å². The largest absolute Gasteiger partial charge is 0.325 e. The van der Waals surface area contributed by atoms with Gasteiger partial charge in [0.05, 0.1) is 27.2 Å². The second-order valence-corrected chi connectivity index (χ2v) is 8.28. The van der Waals surface area contributed by atoms with E-state index in [1.807, 2.05) is 52.9 Å². The van der Waals surface area contributed by atoms with Crippen molar-refractivity contribution in [2.24, 2.45) is 0 Å². The van der Waals surface area contributed by atoms with E-state index >= 15 is 0 Å². The van der Waals surface area contributed by atoms with Gasteiger partial charge >= 0.3 is 0 Å². The predicted molar refractivity (Wildman–Crippen MR) is 125 cm³/mol. The molecule has 0 aliphatic heterocycles. The Hall–Kier alpha value is -3.69. The van der Waals surface area contributed by atoms with Crippen LogP contribution >= 0.6 is 23.4 Å². The van der Waals surface area contributed by atoms with Crippen LogP contribution in [0.15, 0.2) is 71.9 Å². The molecule has 0 spiro atoms. The number of aromatic nitrogens is 3. The number of nitrogens with zero attached hydrogens (tertiary/aromatic N) is 4. The van der Waals surface area contributed by atoms with Crippen molar-refractivity contribution in [1.29, 1.82) is 0 Å². The first-order valence-electron chi connectivity index (χ1n) is 9.54. The number of carbonyl (C=O) groups is 1. The molecule has 0 aliphatic carbocycles. The molecular weight excluding hydrogens is 450 g/mol. The number of hydrogen-bond donors (Lipinski definition) is 1. The van der Waals surface area contributed by atoms with E-state index in [4.69, 9.17) is 21.6 Å². The summed E-state index contributed by atoms with van der Waals surface area (Å²) in [5.41, 5.74) is 3.33. The molecule has 0 unspecified atom stereocenters. The number of hydrogen-bond acceptors (Lipinski definition) is 6. The Bertz CT molecular complexity index is 1530. The summed E-state index contributed by atoms with van der Waals surface area (Å²) in [4.78, 5) is 32.6. The molecule has 10 heteroatoms. The zero-order chi connectivity index (χ0) is 22.2. The monoisotopic (exact) mass is 463 g/mol. The van der Waals surface area contributed by atoms with Crippen LogP contribution in [-0.2, 0) is 4.79 Å². The highest BCUT2D eigenvalue weighted by Crippen LogP contribution is 2.30. The van der Waals surface area contributed by atoms with E-state index in [0.29, 0.717) is 10.8 Å². The smallest absolute Gasteiger partial charge is 0.289 e. The van der Waals surface area contributed by atoms with Gasteiger partial charge in [-0.3, -0.25) is 19.3 Å². The van der Waals surface area contributed by atoms with E-state index in [2.05, 4.69) is 5.32 Å². The van der Waals surface area contributed by atoms with Gasteiger partial charge in [-0.2, -0.15) is 0 Å². The van der Waals surface area contributed by atoms with Gasteiger partial charge in [0.25, 0.3) is 5.69 Å². The molecule has 3 aromatic carbocycles. The number of anilines is 1. The first-order valence-corrected chi connectivity index (χ1v) is 10.9. The molecule has 0 saturated heterocycles. The number of imidazole rings is 1. The number of fused-ring (bicyclic) bond motifs is 5. The van der Waals surface area contributed by atoms with Gasteiger partial charge in [0.2, 0.25) is 5.91 Å². The molecule has 0 atom stereocenters. The zero-order valence-corrected chi connectivity index (χ0v) is 17.9. The topological polar surface area (TPSA) is 102 Å². The first-order chi connectivity index (χ1) is 15.5. The molecule has 0 aliphatic rings. The van der Waals surface area contributed by atoms with Crippen molar-refractivity contribution >= 4 is 68.2 Å². The fourth-order valence-electron chi connectivity index (χ4n) is 3.47. The number of rotatable bonds is 5. The molecule has 2 aromatic heterocycles. The van der Waals surface area contributed by atoms with E-state index in [1.54, 1.807) is 0 Å². The van der Waals surface area contributed by atoms with Crippen molar-refractivity contribution in [3.8, 4) is 0 Å². The lowest BCUT2D eigenvalue weighted by Gasteiger charge is -2.09. The molecule has 8 nitrogen and oxygen atoms in total. The molecule has 0 bridgehead atoms. The minimum absolute atomic E-state index is 0.0112. The molecule has 1 amide bonds. The summed E-state index contributed by atoms with van der Waals surface area (Å²) in [6.07, 6.45) is 0. The maximum absolute atomic E-state index is 12.6. The number of amides is 1. The van der Waals surface area contributed by atoms with Crippen LogP contribution in [0.1, 0.15) is 0 Å². The van der Waals surface area contributed by atoms with Gasteiger partial charge < -0.3 is 5.32 Å². The van der Waals surface area contributed by atoms with E-state index in [1.165, 1.54) is 30.0 Å². The molecule has 0 saturated carbocycles. The Labute approximate surface area is 190 Å². The Morgan fingerprint density at radius 3 is 2.62 bits per heavy atom. The molecular formula is C22H14ClN5O3S. The minimum Gasteiger partial charge on any atom is -0.325 e. The highest BCUT2D eigenvalue weighted by molar-refractivity contribution is 7.99. The minimum atomic E-state index is -0.591. The van der Waals surface area contributed by atoms with Gasteiger partial charge in [-0.25, -0.2) is 9.97 Å². The number of thioether (sulfide) groups is 1. The van der Waals surface area contributed by atoms with Gasteiger partial charge in [0.1, 0.15) is 10.7 Å². The summed E-state index contributed by atoms with van der Waals surface area (Å²) < 4.78 is 1.95. The summed E-state index contributed by atoms with van der Waals surface area (Å²) in [5.74, 6) is -0.261. The number of nitro groups is 1. The third-order valence-electron chi connectivity index (χ3n) is 4.87. The molecule has 5 rings (SSSR count). The molecule has 158 valence electrons. The van der Waals surface area contributed by atoms with Crippen LogP contribution in [-0.4, -0.2) is 31.0 Å². The molecule has 5 aromatic rings. The highest BCUT2D eigenvalue weighted by Gasteiger charge is 2.17. The fraction of sp³-hybridized carbons (Fsp3) is 0.0455. The van der Waals surface area contributed by atoms with Crippen LogP contribution in [0.4, 0.5) is 11.4 Å². The second-order valence-electron chi connectivity index (χ2n) is 6.93. The number of para-hydroxylation sites is 3. The van der Waals surface area contributed by atoms with Crippen LogP contribution in [0, 0.1) is 10.1 Å². The zero-order valence-electron chi connectivity index (χ0n) is 16.4. The lowest BCUT2D eigenvalue weighted by atomic mass is 10.2. The number of halogens is 1. The summed E-state index contributed by atoms with van der Waals surface area (Å²) >= 11 is 7.10. The Balaban J connectivity index is 1.47. The quantitative estimate of drug-likeness (QED) is 0.163. The van der Waals surface area contributed by atoms with Crippen molar-refractivity contribution in [3.63, 3.8) is 0 Å². The SMILES string of the molecule is O=C(CSc1nc2ccccc2c2nc3ccccc3n12)Nc1ccc(Cl)c([N+](=O)[O-])c1. The first kappa shape index (κ1) is 20.2.